The van der Waals surface area contributed by atoms with Crippen molar-refractivity contribution in [1.29, 1.82) is 0 Å². The highest BCUT2D eigenvalue weighted by atomic mass is 35.5. The summed E-state index contributed by atoms with van der Waals surface area (Å²) in [6.07, 6.45) is -3.14. The van der Waals surface area contributed by atoms with E-state index < -0.39 is 35.7 Å². The number of benzene rings is 2. The fraction of sp³-hybridized carbons (Fsp3) is 0.265. The minimum Gasteiger partial charge on any atom is -0.504 e. The number of carbonyl (C=O) groups is 2. The van der Waals surface area contributed by atoms with Gasteiger partial charge in [-0.05, 0) is 43.7 Å². The Labute approximate surface area is 297 Å². The number of amides is 2. The minimum absolute atomic E-state index is 0.0269. The van der Waals surface area contributed by atoms with Gasteiger partial charge in [-0.3, -0.25) is 14.4 Å². The number of aromatic amines is 1. The number of aromatic hydroxyl groups is 1. The van der Waals surface area contributed by atoms with E-state index in [4.69, 9.17) is 11.6 Å². The number of aryl methyl sites for hydroxylation is 1. The molecular formula is C34H30ClF3N10O4. The highest BCUT2D eigenvalue weighted by Gasteiger charge is 2.32. The largest absolute Gasteiger partial charge is 0.504 e. The molecule has 1 saturated heterocycles. The lowest BCUT2D eigenvalue weighted by Crippen LogP contribution is -2.51. The second-order valence-corrected chi connectivity index (χ2v) is 12.5. The highest BCUT2D eigenvalue weighted by Crippen LogP contribution is 2.34. The van der Waals surface area contributed by atoms with E-state index in [2.05, 4.69) is 30.4 Å². The van der Waals surface area contributed by atoms with Crippen LogP contribution in [0.5, 0.6) is 5.75 Å². The number of anilines is 2. The molecule has 18 heteroatoms. The van der Waals surface area contributed by atoms with Crippen LogP contribution in [-0.4, -0.2) is 82.1 Å². The summed E-state index contributed by atoms with van der Waals surface area (Å²) in [5, 5.41) is 18.1. The van der Waals surface area contributed by atoms with E-state index in [1.54, 1.807) is 16.4 Å². The number of H-pyrrole nitrogens is 1. The number of alkyl halides is 3. The molecule has 5 heterocycles. The Morgan fingerprint density at radius 2 is 1.81 bits per heavy atom. The molecule has 6 aromatic rings. The quantitative estimate of drug-likeness (QED) is 0.211. The molecule has 1 aliphatic heterocycles. The van der Waals surface area contributed by atoms with Gasteiger partial charge in [0.15, 0.2) is 17.3 Å². The van der Waals surface area contributed by atoms with Crippen LogP contribution < -0.4 is 15.8 Å². The topological polar surface area (TPSA) is 167 Å². The fourth-order valence-corrected chi connectivity index (χ4v) is 6.50. The number of rotatable bonds is 7. The van der Waals surface area contributed by atoms with E-state index in [9.17, 15) is 32.7 Å². The van der Waals surface area contributed by atoms with Gasteiger partial charge in [-0.1, -0.05) is 36.7 Å². The number of para-hydroxylation sites is 1. The van der Waals surface area contributed by atoms with Crippen LogP contribution in [0.1, 0.15) is 34.4 Å². The zero-order valence-corrected chi connectivity index (χ0v) is 28.5. The van der Waals surface area contributed by atoms with Gasteiger partial charge in [0, 0.05) is 37.1 Å². The van der Waals surface area contributed by atoms with Crippen molar-refractivity contribution in [2.45, 2.75) is 33.0 Å². The summed E-state index contributed by atoms with van der Waals surface area (Å²) in [5.74, 6) is -1.16. The Balaban J connectivity index is 1.26. The molecule has 0 spiro atoms. The first kappa shape index (κ1) is 34.5. The summed E-state index contributed by atoms with van der Waals surface area (Å²) >= 11 is 6.13. The molecule has 0 aliphatic carbocycles. The second-order valence-electron chi connectivity index (χ2n) is 12.1. The molecule has 2 amide bonds. The molecule has 2 aromatic carbocycles. The van der Waals surface area contributed by atoms with Crippen LogP contribution in [0, 0.1) is 6.92 Å². The molecule has 1 fully saturated rings. The van der Waals surface area contributed by atoms with Crippen LogP contribution in [0.15, 0.2) is 59.7 Å². The summed E-state index contributed by atoms with van der Waals surface area (Å²) in [6.45, 7) is 3.80. The van der Waals surface area contributed by atoms with Crippen molar-refractivity contribution < 1.29 is 27.9 Å². The molecule has 7 rings (SSSR count). The minimum atomic E-state index is -4.62. The van der Waals surface area contributed by atoms with Crippen molar-refractivity contribution in [1.82, 2.24) is 39.0 Å². The molecule has 0 unspecified atom stereocenters. The van der Waals surface area contributed by atoms with Gasteiger partial charge in [0.1, 0.15) is 18.6 Å². The lowest BCUT2D eigenvalue weighted by atomic mass is 10.2. The lowest BCUT2D eigenvalue weighted by Gasteiger charge is -2.36. The maximum Gasteiger partial charge on any atom is 0.416 e. The summed E-state index contributed by atoms with van der Waals surface area (Å²) in [7, 11) is 0. The van der Waals surface area contributed by atoms with Crippen molar-refractivity contribution in [3.05, 3.63) is 92.9 Å². The third-order valence-electron chi connectivity index (χ3n) is 8.89. The number of hydrogen-bond donors (Lipinski definition) is 3. The van der Waals surface area contributed by atoms with Gasteiger partial charge in [0.25, 0.3) is 11.5 Å². The molecular weight excluding hydrogens is 705 g/mol. The summed E-state index contributed by atoms with van der Waals surface area (Å²) < 4.78 is 42.3. The fourth-order valence-electron chi connectivity index (χ4n) is 6.27. The maximum absolute atomic E-state index is 14.3. The number of hydrogen-bond acceptors (Lipinski definition) is 9. The van der Waals surface area contributed by atoms with Crippen molar-refractivity contribution in [2.75, 3.05) is 36.4 Å². The first-order chi connectivity index (χ1) is 24.8. The molecule has 0 saturated carbocycles. The lowest BCUT2D eigenvalue weighted by molar-refractivity contribution is -0.137. The summed E-state index contributed by atoms with van der Waals surface area (Å²) in [4.78, 5) is 60.2. The molecule has 1 aliphatic rings. The molecule has 14 nitrogen and oxygen atoms in total. The number of nitrogens with zero attached hydrogens (tertiary/aromatic N) is 8. The Bertz CT molecular complexity index is 2400. The zero-order valence-electron chi connectivity index (χ0n) is 27.7. The third kappa shape index (κ3) is 6.27. The monoisotopic (exact) mass is 734 g/mol. The Morgan fingerprint density at radius 3 is 2.50 bits per heavy atom. The van der Waals surface area contributed by atoms with Gasteiger partial charge in [0.05, 0.1) is 33.4 Å². The molecule has 0 atom stereocenters. The molecule has 268 valence electrons. The number of carbonyl (C=O) groups excluding carboxylic acids is 2. The van der Waals surface area contributed by atoms with E-state index in [0.29, 0.717) is 11.4 Å². The van der Waals surface area contributed by atoms with Crippen LogP contribution >= 0.6 is 11.6 Å². The first-order valence-electron chi connectivity index (χ1n) is 16.2. The summed E-state index contributed by atoms with van der Waals surface area (Å²) in [6, 6.07) is 12.0. The van der Waals surface area contributed by atoms with Gasteiger partial charge in [-0.25, -0.2) is 9.97 Å². The van der Waals surface area contributed by atoms with Gasteiger partial charge in [0.2, 0.25) is 11.7 Å². The van der Waals surface area contributed by atoms with Gasteiger partial charge < -0.3 is 29.8 Å². The van der Waals surface area contributed by atoms with Crippen LogP contribution in [0.25, 0.3) is 28.2 Å². The standard InChI is InChI=1S/C34H30ClF3N10O4/c1-3-25-28(45-10-12-46(13-11-45)31(51)27-29(50)18(2)39-17-40-27)32(52)48-33(43-30(44-48)24-14-19-6-4-5-7-22(19)41-24)47(25)16-26(49)42-23-9-8-20(15-21(23)35)34(36,37)38/h4-9,14-15,17,41,50H,3,10-13,16H2,1-2H3,(H,42,49). The first-order valence-corrected chi connectivity index (χ1v) is 16.5. The zero-order chi connectivity index (χ0) is 36.9. The number of halogens is 4. The van der Waals surface area contributed by atoms with E-state index >= 15 is 0 Å². The van der Waals surface area contributed by atoms with E-state index in [0.717, 1.165) is 33.6 Å². The van der Waals surface area contributed by atoms with E-state index in [1.165, 1.54) is 11.2 Å². The predicted molar refractivity (Wildman–Crippen MR) is 186 cm³/mol. The Kier molecular flexibility index (Phi) is 8.82. The molecule has 52 heavy (non-hydrogen) atoms. The van der Waals surface area contributed by atoms with Crippen molar-refractivity contribution in [3.63, 3.8) is 0 Å². The molecule has 3 N–H and O–H groups in total. The van der Waals surface area contributed by atoms with E-state index in [1.807, 2.05) is 37.3 Å². The Hall–Kier alpha value is -5.97. The maximum atomic E-state index is 14.3. The summed E-state index contributed by atoms with van der Waals surface area (Å²) in [5.41, 5.74) is 0.719. The smallest absolute Gasteiger partial charge is 0.416 e. The number of piperazine rings is 1. The predicted octanol–water partition coefficient (Wildman–Crippen LogP) is 4.68. The third-order valence-corrected chi connectivity index (χ3v) is 9.21. The highest BCUT2D eigenvalue weighted by molar-refractivity contribution is 6.33. The van der Waals surface area contributed by atoms with Crippen LogP contribution in [0.2, 0.25) is 5.02 Å². The van der Waals surface area contributed by atoms with Crippen LogP contribution in [-0.2, 0) is 23.9 Å². The average Bonchev–Trinajstić information content (AvgIpc) is 3.76. The van der Waals surface area contributed by atoms with Crippen molar-refractivity contribution in [3.8, 4) is 17.3 Å². The van der Waals surface area contributed by atoms with Gasteiger partial charge in [-0.15, -0.1) is 5.10 Å². The van der Waals surface area contributed by atoms with Gasteiger partial charge >= 0.3 is 6.18 Å². The van der Waals surface area contributed by atoms with Gasteiger partial charge in [-0.2, -0.15) is 22.7 Å². The number of nitrogens with one attached hydrogen (secondary N) is 2. The number of aromatic nitrogens is 7. The SMILES string of the molecule is CCc1c(N2CCN(C(=O)c3ncnc(C)c3O)CC2)c(=O)n2nc(-c3cc4ccccc4[nH]3)nc2n1CC(=O)Nc1ccc(C(F)(F)F)cc1Cl. The van der Waals surface area contributed by atoms with Crippen molar-refractivity contribution in [2.24, 2.45) is 0 Å². The van der Waals surface area contributed by atoms with Crippen LogP contribution in [0.3, 0.4) is 0 Å². The number of fused-ring (bicyclic) bond motifs is 2. The average molecular weight is 735 g/mol. The van der Waals surface area contributed by atoms with E-state index in [-0.39, 0.29) is 77.7 Å². The Morgan fingerprint density at radius 1 is 1.06 bits per heavy atom. The molecule has 0 radical (unpaired) electrons. The van der Waals surface area contributed by atoms with Crippen LogP contribution in [0.4, 0.5) is 24.5 Å². The molecule has 4 aromatic heterocycles. The van der Waals surface area contributed by atoms with Crippen molar-refractivity contribution >= 4 is 51.5 Å². The molecule has 0 bridgehead atoms. The second kappa shape index (κ2) is 13.3. The normalized spacial score (nSPS) is 13.7.